The van der Waals surface area contributed by atoms with Crippen molar-refractivity contribution in [2.75, 3.05) is 50.5 Å². The lowest BCUT2D eigenvalue weighted by Crippen LogP contribution is -2.46. The molecule has 0 aliphatic carbocycles. The molecule has 2 aliphatic rings. The second kappa shape index (κ2) is 8.77. The maximum Gasteiger partial charge on any atom is 0.353 e. The van der Waals surface area contributed by atoms with Crippen molar-refractivity contribution in [3.63, 3.8) is 0 Å². The van der Waals surface area contributed by atoms with Crippen LogP contribution in [0, 0.1) is 0 Å². The van der Waals surface area contributed by atoms with E-state index in [0.29, 0.717) is 38.5 Å². The normalized spacial score (nSPS) is 24.5. The van der Waals surface area contributed by atoms with Crippen molar-refractivity contribution in [3.8, 4) is 11.3 Å². The highest BCUT2D eigenvalue weighted by molar-refractivity contribution is 5.86. The Bertz CT molecular complexity index is 1180. The van der Waals surface area contributed by atoms with Crippen LogP contribution >= 0.6 is 0 Å². The van der Waals surface area contributed by atoms with E-state index in [0.717, 1.165) is 23.5 Å². The van der Waals surface area contributed by atoms with Gasteiger partial charge in [0.05, 0.1) is 38.0 Å². The third kappa shape index (κ3) is 4.09. The van der Waals surface area contributed by atoms with Gasteiger partial charge in [0.1, 0.15) is 11.4 Å². The van der Waals surface area contributed by atoms with Gasteiger partial charge >= 0.3 is 5.69 Å². The van der Waals surface area contributed by atoms with Gasteiger partial charge in [-0.15, -0.1) is 5.10 Å². The third-order valence-corrected chi connectivity index (χ3v) is 6.42. The fourth-order valence-electron chi connectivity index (χ4n) is 4.79. The van der Waals surface area contributed by atoms with E-state index in [1.54, 1.807) is 0 Å². The molecule has 1 aromatic carbocycles. The van der Waals surface area contributed by atoms with Gasteiger partial charge in [-0.3, -0.25) is 4.90 Å². The number of hydrogen-bond donors (Lipinski definition) is 1. The first-order valence-corrected chi connectivity index (χ1v) is 11.4. The topological polar surface area (TPSA) is 103 Å². The van der Waals surface area contributed by atoms with Crippen molar-refractivity contribution in [1.82, 2.24) is 24.1 Å². The number of likely N-dealkylation sites (N-methyl/N-ethyl adjacent to an activating group) is 1. The standard InChI is InChI=1S/C23H31N7O3/c1-15-11-28(12-16(2)33-15)20-19(17-7-5-4-6-8-17)25-22(24)30-21(20)26-29(23(30)31)13-18-14-32-10-9-27(18)3/h4-8,15-16,18H,9-14H2,1-3H3,(H2,24,25)/t15-,16+,18-/m1/s1. The average Bonchev–Trinajstić information content (AvgIpc) is 3.11. The Labute approximate surface area is 192 Å². The summed E-state index contributed by atoms with van der Waals surface area (Å²) in [6.07, 6.45) is 0.0774. The molecule has 33 heavy (non-hydrogen) atoms. The Morgan fingerprint density at radius 3 is 2.58 bits per heavy atom. The fourth-order valence-corrected chi connectivity index (χ4v) is 4.79. The zero-order valence-electron chi connectivity index (χ0n) is 19.3. The molecule has 2 aliphatic heterocycles. The van der Waals surface area contributed by atoms with E-state index < -0.39 is 0 Å². The minimum Gasteiger partial charge on any atom is -0.378 e. The van der Waals surface area contributed by atoms with Crippen molar-refractivity contribution in [3.05, 3.63) is 40.8 Å². The first-order valence-electron chi connectivity index (χ1n) is 11.4. The second-order valence-electron chi connectivity index (χ2n) is 9.03. The van der Waals surface area contributed by atoms with Crippen molar-refractivity contribution < 1.29 is 9.47 Å². The molecule has 176 valence electrons. The average molecular weight is 454 g/mol. The molecule has 4 heterocycles. The Kier molecular flexibility index (Phi) is 5.81. The third-order valence-electron chi connectivity index (χ3n) is 6.42. The Morgan fingerprint density at radius 1 is 1.15 bits per heavy atom. The number of nitrogens with two attached hydrogens (primary N) is 1. The lowest BCUT2D eigenvalue weighted by molar-refractivity contribution is -0.00516. The highest BCUT2D eigenvalue weighted by Gasteiger charge is 2.30. The Hall–Kier alpha value is -2.95. The van der Waals surface area contributed by atoms with Crippen LogP contribution in [0.5, 0.6) is 0 Å². The van der Waals surface area contributed by atoms with E-state index in [1.165, 1.54) is 9.08 Å². The van der Waals surface area contributed by atoms with Crippen LogP contribution in [0.3, 0.4) is 0 Å². The molecule has 5 rings (SSSR count). The maximum absolute atomic E-state index is 13.4. The summed E-state index contributed by atoms with van der Waals surface area (Å²) in [5, 5.41) is 4.80. The van der Waals surface area contributed by atoms with Crippen LogP contribution < -0.4 is 16.3 Å². The highest BCUT2D eigenvalue weighted by Crippen LogP contribution is 2.35. The van der Waals surface area contributed by atoms with E-state index in [9.17, 15) is 4.79 Å². The molecule has 0 saturated carbocycles. The molecule has 2 fully saturated rings. The first kappa shape index (κ1) is 21.9. The fraction of sp³-hybridized carbons (Fsp3) is 0.522. The van der Waals surface area contributed by atoms with Gasteiger partial charge in [-0.1, -0.05) is 30.3 Å². The molecular weight excluding hydrogens is 422 g/mol. The van der Waals surface area contributed by atoms with Gasteiger partial charge < -0.3 is 20.1 Å². The predicted octanol–water partition coefficient (Wildman–Crippen LogP) is 1.08. The number of benzene rings is 1. The van der Waals surface area contributed by atoms with Crippen LogP contribution in [0.15, 0.2) is 35.1 Å². The molecule has 3 aromatic rings. The number of hydrogen-bond acceptors (Lipinski definition) is 8. The predicted molar refractivity (Wildman–Crippen MR) is 127 cm³/mol. The summed E-state index contributed by atoms with van der Waals surface area (Å²) in [7, 11) is 2.04. The van der Waals surface area contributed by atoms with Gasteiger partial charge in [0.2, 0.25) is 5.95 Å². The minimum absolute atomic E-state index is 0.0387. The maximum atomic E-state index is 13.4. The molecule has 0 spiro atoms. The van der Waals surface area contributed by atoms with Gasteiger partial charge in [-0.25, -0.2) is 18.9 Å². The van der Waals surface area contributed by atoms with E-state index in [-0.39, 0.29) is 29.9 Å². The number of nitrogen functional groups attached to an aromatic ring is 1. The number of aromatic nitrogens is 4. The summed E-state index contributed by atoms with van der Waals surface area (Å²) in [4.78, 5) is 22.5. The zero-order valence-corrected chi connectivity index (χ0v) is 19.3. The van der Waals surface area contributed by atoms with Crippen LogP contribution in [-0.2, 0) is 16.0 Å². The van der Waals surface area contributed by atoms with Crippen molar-refractivity contribution >= 4 is 17.3 Å². The molecular formula is C23H31N7O3. The Morgan fingerprint density at radius 2 is 1.88 bits per heavy atom. The quantitative estimate of drug-likeness (QED) is 0.626. The lowest BCUT2D eigenvalue weighted by Gasteiger charge is -2.37. The molecule has 0 radical (unpaired) electrons. The molecule has 3 atom stereocenters. The van der Waals surface area contributed by atoms with E-state index in [2.05, 4.69) is 23.6 Å². The number of fused-ring (bicyclic) bond motifs is 1. The van der Waals surface area contributed by atoms with E-state index >= 15 is 0 Å². The molecule has 10 heteroatoms. The van der Waals surface area contributed by atoms with Gasteiger partial charge in [-0.05, 0) is 20.9 Å². The Balaban J connectivity index is 1.68. The van der Waals surface area contributed by atoms with Crippen molar-refractivity contribution in [2.24, 2.45) is 0 Å². The van der Waals surface area contributed by atoms with Crippen LogP contribution in [0.2, 0.25) is 0 Å². The van der Waals surface area contributed by atoms with E-state index in [4.69, 9.17) is 25.3 Å². The summed E-state index contributed by atoms with van der Waals surface area (Å²) < 4.78 is 14.5. The summed E-state index contributed by atoms with van der Waals surface area (Å²) >= 11 is 0. The van der Waals surface area contributed by atoms with Crippen LogP contribution in [0.25, 0.3) is 16.9 Å². The summed E-state index contributed by atoms with van der Waals surface area (Å²) in [6, 6.07) is 9.96. The first-order chi connectivity index (χ1) is 15.9. The van der Waals surface area contributed by atoms with Gasteiger partial charge in [-0.2, -0.15) is 0 Å². The molecule has 2 saturated heterocycles. The molecule has 2 aromatic heterocycles. The summed E-state index contributed by atoms with van der Waals surface area (Å²) in [5.74, 6) is 0.131. The van der Waals surface area contributed by atoms with Crippen molar-refractivity contribution in [1.29, 1.82) is 0 Å². The van der Waals surface area contributed by atoms with Crippen LogP contribution in [0.1, 0.15) is 13.8 Å². The summed E-state index contributed by atoms with van der Waals surface area (Å²) in [5.41, 5.74) is 9.03. The molecule has 0 amide bonds. The SMILES string of the molecule is C[C@@H]1CN(c2c(-c3ccccc3)nc(N)n3c(=O)n(C[C@@H]4COCCN4C)nc23)C[C@H](C)O1. The second-order valence-corrected chi connectivity index (χ2v) is 9.03. The lowest BCUT2D eigenvalue weighted by atomic mass is 10.1. The minimum atomic E-state index is -0.288. The number of rotatable bonds is 4. The number of nitrogens with zero attached hydrogens (tertiary/aromatic N) is 6. The molecule has 10 nitrogen and oxygen atoms in total. The number of anilines is 2. The molecule has 2 N–H and O–H groups in total. The van der Waals surface area contributed by atoms with Crippen LogP contribution in [0.4, 0.5) is 11.6 Å². The number of ether oxygens (including phenoxy) is 2. The van der Waals surface area contributed by atoms with Crippen molar-refractivity contribution in [2.45, 2.75) is 38.6 Å². The van der Waals surface area contributed by atoms with Gasteiger partial charge in [0, 0.05) is 25.2 Å². The largest absolute Gasteiger partial charge is 0.378 e. The number of morpholine rings is 2. The van der Waals surface area contributed by atoms with Gasteiger partial charge in [0.15, 0.2) is 5.65 Å². The smallest absolute Gasteiger partial charge is 0.353 e. The molecule has 0 unspecified atom stereocenters. The van der Waals surface area contributed by atoms with E-state index in [1.807, 2.05) is 37.4 Å². The molecule has 0 bridgehead atoms. The van der Waals surface area contributed by atoms with Crippen LogP contribution in [-0.4, -0.2) is 82.2 Å². The monoisotopic (exact) mass is 453 g/mol. The van der Waals surface area contributed by atoms with Gasteiger partial charge in [0.25, 0.3) is 0 Å². The highest BCUT2D eigenvalue weighted by atomic mass is 16.5. The zero-order chi connectivity index (χ0) is 23.1. The summed E-state index contributed by atoms with van der Waals surface area (Å²) in [6.45, 7) is 7.95.